The minimum absolute atomic E-state index is 0.00775. The van der Waals surface area contributed by atoms with Crippen molar-refractivity contribution in [3.05, 3.63) is 40.9 Å². The second-order valence-corrected chi connectivity index (χ2v) is 7.39. The lowest BCUT2D eigenvalue weighted by atomic mass is 10.2. The largest absolute Gasteiger partial charge is 0.378 e. The molecule has 1 fully saturated rings. The zero-order valence-electron chi connectivity index (χ0n) is 15.1. The number of hydrazine groups is 1. The number of anilines is 2. The predicted octanol–water partition coefficient (Wildman–Crippen LogP) is 1.56. The van der Waals surface area contributed by atoms with Crippen LogP contribution in [0.3, 0.4) is 0 Å². The van der Waals surface area contributed by atoms with E-state index < -0.39 is 11.8 Å². The molecule has 1 aromatic heterocycles. The molecule has 1 aliphatic rings. The van der Waals surface area contributed by atoms with Crippen molar-refractivity contribution in [3.63, 3.8) is 0 Å². The highest BCUT2D eigenvalue weighted by Gasteiger charge is 2.30. The predicted molar refractivity (Wildman–Crippen MR) is 104 cm³/mol. The van der Waals surface area contributed by atoms with Crippen molar-refractivity contribution < 1.29 is 14.4 Å². The average Bonchev–Trinajstić information content (AvgIpc) is 3.42. The summed E-state index contributed by atoms with van der Waals surface area (Å²) in [6.07, 6.45) is 1.85. The van der Waals surface area contributed by atoms with Crippen molar-refractivity contribution in [1.29, 1.82) is 0 Å². The van der Waals surface area contributed by atoms with Crippen molar-refractivity contribution in [2.24, 2.45) is 5.92 Å². The van der Waals surface area contributed by atoms with Gasteiger partial charge in [0.15, 0.2) is 5.13 Å². The van der Waals surface area contributed by atoms with Gasteiger partial charge >= 0.3 is 0 Å². The zero-order chi connectivity index (χ0) is 19.4. The Labute approximate surface area is 160 Å². The molecule has 0 saturated heterocycles. The number of hydrogen-bond acceptors (Lipinski definition) is 6. The van der Waals surface area contributed by atoms with Gasteiger partial charge in [-0.3, -0.25) is 25.2 Å². The Morgan fingerprint density at radius 1 is 1.22 bits per heavy atom. The number of rotatable bonds is 6. The van der Waals surface area contributed by atoms with E-state index in [1.165, 1.54) is 11.3 Å². The molecule has 0 bridgehead atoms. The lowest BCUT2D eigenvalue weighted by Crippen LogP contribution is -2.42. The fourth-order valence-corrected chi connectivity index (χ4v) is 3.04. The third-order valence-corrected chi connectivity index (χ3v) is 4.82. The Morgan fingerprint density at radius 2 is 2.00 bits per heavy atom. The summed E-state index contributed by atoms with van der Waals surface area (Å²) in [7, 11) is 3.77. The van der Waals surface area contributed by atoms with Gasteiger partial charge in [0.25, 0.3) is 5.91 Å². The van der Waals surface area contributed by atoms with E-state index in [2.05, 4.69) is 21.2 Å². The molecule has 0 atom stereocenters. The Hall–Kier alpha value is -2.94. The van der Waals surface area contributed by atoms with Gasteiger partial charge in [0, 0.05) is 36.6 Å². The van der Waals surface area contributed by atoms with Gasteiger partial charge in [-0.25, -0.2) is 4.98 Å². The van der Waals surface area contributed by atoms with Crippen LogP contribution in [0.25, 0.3) is 0 Å². The maximum atomic E-state index is 12.2. The molecule has 0 aliphatic heterocycles. The van der Waals surface area contributed by atoms with Gasteiger partial charge < -0.3 is 10.2 Å². The normalized spacial score (nSPS) is 13.0. The van der Waals surface area contributed by atoms with E-state index in [1.54, 1.807) is 23.6 Å². The van der Waals surface area contributed by atoms with E-state index in [0.717, 1.165) is 18.5 Å². The van der Waals surface area contributed by atoms with Crippen LogP contribution in [0, 0.1) is 5.92 Å². The second-order valence-electron chi connectivity index (χ2n) is 6.53. The van der Waals surface area contributed by atoms with Crippen LogP contribution in [0.5, 0.6) is 0 Å². The molecule has 3 amide bonds. The first-order chi connectivity index (χ1) is 12.9. The summed E-state index contributed by atoms with van der Waals surface area (Å²) >= 11 is 1.28. The van der Waals surface area contributed by atoms with E-state index in [9.17, 15) is 14.4 Å². The van der Waals surface area contributed by atoms with E-state index in [1.807, 2.05) is 25.1 Å². The third-order valence-electron chi connectivity index (χ3n) is 4.01. The maximum Gasteiger partial charge on any atom is 0.269 e. The summed E-state index contributed by atoms with van der Waals surface area (Å²) in [5, 5.41) is 4.94. The summed E-state index contributed by atoms with van der Waals surface area (Å²) in [5.41, 5.74) is 6.64. The number of nitrogens with zero attached hydrogens (tertiary/aromatic N) is 2. The van der Waals surface area contributed by atoms with Gasteiger partial charge in [-0.1, -0.05) is 6.07 Å². The Bertz CT molecular complexity index is 860. The van der Waals surface area contributed by atoms with Crippen molar-refractivity contribution in [1.82, 2.24) is 15.8 Å². The monoisotopic (exact) mass is 387 g/mol. The quantitative estimate of drug-likeness (QED) is 0.653. The van der Waals surface area contributed by atoms with Crippen LogP contribution in [0.2, 0.25) is 0 Å². The number of hydrogen-bond donors (Lipinski definition) is 3. The molecule has 1 saturated carbocycles. The fraction of sp³-hybridized carbons (Fsp3) is 0.333. The number of nitrogens with one attached hydrogen (secondary N) is 3. The molecule has 0 unspecified atom stereocenters. The summed E-state index contributed by atoms with van der Waals surface area (Å²) in [4.78, 5) is 42.0. The molecule has 1 heterocycles. The average molecular weight is 387 g/mol. The zero-order valence-corrected chi connectivity index (χ0v) is 15.9. The lowest BCUT2D eigenvalue weighted by Gasteiger charge is -2.13. The first-order valence-corrected chi connectivity index (χ1v) is 9.42. The van der Waals surface area contributed by atoms with Crippen LogP contribution in [0.1, 0.15) is 28.9 Å². The molecule has 1 aromatic carbocycles. The third kappa shape index (κ3) is 5.27. The van der Waals surface area contributed by atoms with Crippen LogP contribution >= 0.6 is 11.3 Å². The van der Waals surface area contributed by atoms with Crippen LogP contribution in [0.15, 0.2) is 29.6 Å². The molecule has 8 nitrogen and oxygen atoms in total. The van der Waals surface area contributed by atoms with Crippen LogP contribution in [-0.4, -0.2) is 36.8 Å². The van der Waals surface area contributed by atoms with Crippen molar-refractivity contribution in [2.45, 2.75) is 19.3 Å². The standard InChI is InChI=1S/C18H21N5O3S/c1-23(2)14-5-3-4-12(8-14)17(26)22-21-15(24)9-13-10-27-18(19-13)20-16(25)11-6-7-11/h3-5,8,10-11H,6-7,9H2,1-2H3,(H,21,24)(H,22,26)(H,19,20,25). The minimum atomic E-state index is -0.400. The number of benzene rings is 1. The Balaban J connectivity index is 1.48. The Kier molecular flexibility index (Phi) is 5.70. The minimum Gasteiger partial charge on any atom is -0.378 e. The molecule has 2 aromatic rings. The van der Waals surface area contributed by atoms with Gasteiger partial charge in [0.2, 0.25) is 11.8 Å². The van der Waals surface area contributed by atoms with Gasteiger partial charge in [0.1, 0.15) is 0 Å². The molecule has 1 aliphatic carbocycles. The molecule has 0 spiro atoms. The number of carbonyl (C=O) groups is 3. The van der Waals surface area contributed by atoms with E-state index in [4.69, 9.17) is 0 Å². The molecule has 142 valence electrons. The SMILES string of the molecule is CN(C)c1cccc(C(=O)NNC(=O)Cc2csc(NC(=O)C3CC3)n2)c1. The highest BCUT2D eigenvalue weighted by Crippen LogP contribution is 2.30. The van der Waals surface area contributed by atoms with E-state index in [0.29, 0.717) is 16.4 Å². The van der Waals surface area contributed by atoms with E-state index >= 15 is 0 Å². The van der Waals surface area contributed by atoms with Crippen molar-refractivity contribution in [2.75, 3.05) is 24.3 Å². The summed E-state index contributed by atoms with van der Waals surface area (Å²) in [6, 6.07) is 7.07. The number of thiazole rings is 1. The first-order valence-electron chi connectivity index (χ1n) is 8.54. The summed E-state index contributed by atoms with van der Waals surface area (Å²) < 4.78 is 0. The van der Waals surface area contributed by atoms with Gasteiger partial charge in [0.05, 0.1) is 12.1 Å². The number of aromatic nitrogens is 1. The Morgan fingerprint density at radius 3 is 2.70 bits per heavy atom. The molecule has 27 heavy (non-hydrogen) atoms. The fourth-order valence-electron chi connectivity index (χ4n) is 2.33. The maximum absolute atomic E-state index is 12.2. The van der Waals surface area contributed by atoms with E-state index in [-0.39, 0.29) is 18.2 Å². The van der Waals surface area contributed by atoms with Crippen molar-refractivity contribution in [3.8, 4) is 0 Å². The molecular weight excluding hydrogens is 366 g/mol. The number of carbonyl (C=O) groups excluding carboxylic acids is 3. The summed E-state index contributed by atoms with van der Waals surface area (Å²) in [6.45, 7) is 0. The highest BCUT2D eigenvalue weighted by molar-refractivity contribution is 7.13. The summed E-state index contributed by atoms with van der Waals surface area (Å²) in [5.74, 6) is -0.713. The number of amides is 3. The van der Waals surface area contributed by atoms with Crippen LogP contribution in [-0.2, 0) is 16.0 Å². The molecule has 9 heteroatoms. The first kappa shape index (κ1) is 18.8. The molecule has 3 N–H and O–H groups in total. The molecule has 3 rings (SSSR count). The lowest BCUT2D eigenvalue weighted by molar-refractivity contribution is -0.121. The van der Waals surface area contributed by atoms with Gasteiger partial charge in [-0.2, -0.15) is 0 Å². The van der Waals surface area contributed by atoms with Gasteiger partial charge in [-0.15, -0.1) is 11.3 Å². The molecule has 0 radical (unpaired) electrons. The van der Waals surface area contributed by atoms with Crippen LogP contribution < -0.4 is 21.1 Å². The highest BCUT2D eigenvalue weighted by atomic mass is 32.1. The van der Waals surface area contributed by atoms with Crippen molar-refractivity contribution >= 4 is 39.9 Å². The molecular formula is C18H21N5O3S. The smallest absolute Gasteiger partial charge is 0.269 e. The van der Waals surface area contributed by atoms with Crippen LogP contribution in [0.4, 0.5) is 10.8 Å². The second kappa shape index (κ2) is 8.17. The van der Waals surface area contributed by atoms with Gasteiger partial charge in [-0.05, 0) is 31.0 Å². The topological polar surface area (TPSA) is 103 Å².